The molecular weight excluding hydrogens is 702 g/mol. The van der Waals surface area contributed by atoms with Gasteiger partial charge in [-0.25, -0.2) is 19.9 Å². The Hall–Kier alpha value is -2.59. The Morgan fingerprint density at radius 3 is 2.64 bits per heavy atom. The molecule has 24 heteroatoms. The lowest BCUT2D eigenvalue weighted by atomic mass is 9.98. The minimum atomic E-state index is -4.02. The molecule has 0 bridgehead atoms. The lowest BCUT2D eigenvalue weighted by Gasteiger charge is -2.34. The van der Waals surface area contributed by atoms with Crippen molar-refractivity contribution in [1.29, 1.82) is 0 Å². The van der Waals surface area contributed by atoms with Gasteiger partial charge in [0.2, 0.25) is 5.95 Å². The Bertz CT molecular complexity index is 1930. The molecule has 0 aliphatic carbocycles. The summed E-state index contributed by atoms with van der Waals surface area (Å²) < 4.78 is 36.9. The standard InChI is InChI=1S/C23H32N10O10P2S2/c1-23(15(35)13(40-2)20(43-23)32-7-28-10-16(24)26-6-27-17(10)32)5-42-45(39,46)14-12(34)9(3-4-41-44(37)38)47-21(14)33-8-29-11-18(33)30-22(25)31-19(11)36/h6-9,12-15,20-21,34-35,44H,3-5H2,1-2H3,(H,37,38)(H,39,46)(H2,24,26,27)(H3,25,30,31,36)/t9-,12-,13-,14-,15+,20-,21-,23?,45?/m1/s1. The zero-order valence-corrected chi connectivity index (χ0v) is 28.2. The number of ether oxygens (including phenoxy) is 2. The fraction of sp³-hybridized carbons (Fsp3) is 0.565. The number of imidazole rings is 2. The maximum Gasteiger partial charge on any atom is 0.316 e. The zero-order valence-electron chi connectivity index (χ0n) is 24.7. The lowest BCUT2D eigenvalue weighted by Crippen LogP contribution is -2.45. The van der Waals surface area contributed by atoms with Crippen LogP contribution in [0.15, 0.2) is 23.8 Å². The molecule has 9 N–H and O–H groups in total. The average molecular weight is 735 g/mol. The van der Waals surface area contributed by atoms with Gasteiger partial charge in [-0.15, -0.1) is 11.8 Å². The lowest BCUT2D eigenvalue weighted by molar-refractivity contribution is -0.111. The maximum atomic E-state index is 12.5. The van der Waals surface area contributed by atoms with Crippen LogP contribution in [0, 0.1) is 0 Å². The molecule has 0 radical (unpaired) electrons. The predicted octanol–water partition coefficient (Wildman–Crippen LogP) is -0.762. The van der Waals surface area contributed by atoms with Gasteiger partial charge < -0.3 is 54.6 Å². The first kappa shape index (κ1) is 34.3. The first-order valence-corrected chi connectivity index (χ1v) is 18.9. The summed E-state index contributed by atoms with van der Waals surface area (Å²) in [6.45, 7) is -3.06. The molecule has 4 aromatic heterocycles. The topological polar surface area (TPSA) is 294 Å². The molecule has 2 aliphatic rings. The zero-order chi connectivity index (χ0) is 33.8. The van der Waals surface area contributed by atoms with E-state index in [1.807, 2.05) is 0 Å². The summed E-state index contributed by atoms with van der Waals surface area (Å²) >= 11 is 6.84. The van der Waals surface area contributed by atoms with Gasteiger partial charge in [-0.3, -0.25) is 18.9 Å². The summed E-state index contributed by atoms with van der Waals surface area (Å²) in [6.07, 6.45) is -0.386. The van der Waals surface area contributed by atoms with E-state index in [9.17, 15) is 24.5 Å². The van der Waals surface area contributed by atoms with Crippen molar-refractivity contribution in [2.45, 2.75) is 59.8 Å². The minimum Gasteiger partial charge on any atom is -0.391 e. The average Bonchev–Trinajstić information content (AvgIpc) is 3.76. The second-order valence-electron chi connectivity index (χ2n) is 11.1. The first-order chi connectivity index (χ1) is 22.3. The molecule has 6 rings (SSSR count). The van der Waals surface area contributed by atoms with E-state index in [0.717, 1.165) is 0 Å². The molecule has 3 unspecified atom stereocenters. The number of thioether (sulfide) groups is 1. The molecule has 256 valence electrons. The number of H-pyrrole nitrogens is 1. The smallest absolute Gasteiger partial charge is 0.316 e. The van der Waals surface area contributed by atoms with Gasteiger partial charge in [0.25, 0.3) is 5.56 Å². The van der Waals surface area contributed by atoms with Crippen LogP contribution in [0.2, 0.25) is 0 Å². The molecule has 0 amide bonds. The third-order valence-electron chi connectivity index (χ3n) is 8.14. The monoisotopic (exact) mass is 734 g/mol. The third kappa shape index (κ3) is 6.22. The van der Waals surface area contributed by atoms with Crippen molar-refractivity contribution >= 4 is 72.4 Å². The summed E-state index contributed by atoms with van der Waals surface area (Å²) in [5.74, 6) is -0.0240. The largest absolute Gasteiger partial charge is 0.391 e. The molecule has 0 spiro atoms. The number of anilines is 2. The SMILES string of the molecule is CO[C@H]1[C@H](n2cnc3c(N)ncnc32)OC(C)(COP(O)(=S)[C@@H]2[C@H](O)[C@@H](CCO[PH](=O)O)S[C@H]2n2cnc3c(=O)[nH]c(N)nc32)[C@H]1O. The van der Waals surface area contributed by atoms with Crippen LogP contribution in [0.1, 0.15) is 24.9 Å². The highest BCUT2D eigenvalue weighted by molar-refractivity contribution is 8.10. The molecule has 2 aliphatic heterocycles. The van der Waals surface area contributed by atoms with Crippen LogP contribution in [0.25, 0.3) is 22.3 Å². The van der Waals surface area contributed by atoms with Crippen molar-refractivity contribution in [1.82, 2.24) is 39.0 Å². The molecule has 2 saturated heterocycles. The summed E-state index contributed by atoms with van der Waals surface area (Å²) in [5.41, 5.74) is 9.18. The van der Waals surface area contributed by atoms with Crippen molar-refractivity contribution in [3.8, 4) is 0 Å². The Morgan fingerprint density at radius 1 is 1.19 bits per heavy atom. The quantitative estimate of drug-likeness (QED) is 0.0932. The van der Waals surface area contributed by atoms with E-state index >= 15 is 0 Å². The number of aliphatic hydroxyl groups is 2. The van der Waals surface area contributed by atoms with Crippen molar-refractivity contribution in [3.63, 3.8) is 0 Å². The number of nitrogen functional groups attached to an aromatic ring is 2. The van der Waals surface area contributed by atoms with Crippen LogP contribution >= 0.6 is 26.5 Å². The van der Waals surface area contributed by atoms with Gasteiger partial charge in [0.15, 0.2) is 35.3 Å². The van der Waals surface area contributed by atoms with E-state index in [2.05, 4.69) is 29.9 Å². The van der Waals surface area contributed by atoms with Crippen LogP contribution in [-0.4, -0.2) is 114 Å². The normalized spacial score (nSPS) is 31.5. The maximum absolute atomic E-state index is 12.5. The van der Waals surface area contributed by atoms with E-state index in [0.29, 0.717) is 11.2 Å². The fourth-order valence-corrected chi connectivity index (χ4v) is 11.2. The van der Waals surface area contributed by atoms with Crippen molar-refractivity contribution in [2.75, 3.05) is 31.8 Å². The highest BCUT2D eigenvalue weighted by atomic mass is 32.5. The Morgan fingerprint density at radius 2 is 1.91 bits per heavy atom. The molecule has 0 aromatic carbocycles. The van der Waals surface area contributed by atoms with Gasteiger partial charge in [-0.05, 0) is 25.2 Å². The summed E-state index contributed by atoms with van der Waals surface area (Å²) in [6, 6.07) is 0. The van der Waals surface area contributed by atoms with E-state index in [4.69, 9.17) is 46.7 Å². The molecule has 10 atom stereocenters. The van der Waals surface area contributed by atoms with Crippen molar-refractivity contribution in [3.05, 3.63) is 29.3 Å². The van der Waals surface area contributed by atoms with Gasteiger partial charge in [0.05, 0.1) is 43.0 Å². The molecule has 4 aromatic rings. The van der Waals surface area contributed by atoms with E-state index < -0.39 is 73.3 Å². The van der Waals surface area contributed by atoms with Crippen LogP contribution in [0.3, 0.4) is 0 Å². The number of methoxy groups -OCH3 is 1. The van der Waals surface area contributed by atoms with E-state index in [1.165, 1.54) is 47.0 Å². The molecule has 47 heavy (non-hydrogen) atoms. The van der Waals surface area contributed by atoms with E-state index in [-0.39, 0.29) is 36.0 Å². The van der Waals surface area contributed by atoms with Gasteiger partial charge in [-0.2, -0.15) is 4.98 Å². The molecular formula is C23H32N10O10P2S2. The van der Waals surface area contributed by atoms with Crippen LogP contribution < -0.4 is 17.0 Å². The number of aromatic amines is 1. The summed E-state index contributed by atoms with van der Waals surface area (Å²) in [7, 11) is -1.83. The summed E-state index contributed by atoms with van der Waals surface area (Å²) in [4.78, 5) is 56.5. The second-order valence-corrected chi connectivity index (χ2v) is 16.8. The Labute approximate surface area is 275 Å². The van der Waals surface area contributed by atoms with Crippen molar-refractivity contribution < 1.29 is 43.1 Å². The third-order valence-corrected chi connectivity index (χ3v) is 13.3. The van der Waals surface area contributed by atoms with Gasteiger partial charge in [-0.1, -0.05) is 0 Å². The highest BCUT2D eigenvalue weighted by Crippen LogP contribution is 2.63. The highest BCUT2D eigenvalue weighted by Gasteiger charge is 2.56. The van der Waals surface area contributed by atoms with Crippen molar-refractivity contribution in [2.24, 2.45) is 0 Å². The second kappa shape index (κ2) is 13.0. The molecule has 2 fully saturated rings. The number of hydrogen-bond donors (Lipinski definition) is 7. The number of rotatable bonds is 11. The number of fused-ring (bicyclic) bond motifs is 2. The first-order valence-electron chi connectivity index (χ1n) is 14.0. The number of hydrogen-bond acceptors (Lipinski definition) is 17. The van der Waals surface area contributed by atoms with Crippen LogP contribution in [0.4, 0.5) is 11.8 Å². The molecule has 20 nitrogen and oxygen atoms in total. The molecule has 0 saturated carbocycles. The number of aromatic nitrogens is 8. The van der Waals surface area contributed by atoms with E-state index in [1.54, 1.807) is 6.92 Å². The van der Waals surface area contributed by atoms with Gasteiger partial charge >= 0.3 is 8.25 Å². The minimum absolute atomic E-state index is 0.0310. The Balaban J connectivity index is 1.29. The number of nitrogens with one attached hydrogen (secondary N) is 1. The van der Waals surface area contributed by atoms with Crippen LogP contribution in [-0.2, 0) is 34.9 Å². The van der Waals surface area contributed by atoms with Gasteiger partial charge in [0, 0.05) is 12.4 Å². The predicted molar refractivity (Wildman–Crippen MR) is 172 cm³/mol. The number of aliphatic hydroxyl groups excluding tert-OH is 2. The van der Waals surface area contributed by atoms with Gasteiger partial charge in [0.1, 0.15) is 29.7 Å². The number of nitrogens with two attached hydrogens (primary N) is 2. The Kier molecular flexibility index (Phi) is 9.50. The van der Waals surface area contributed by atoms with Crippen LogP contribution in [0.5, 0.6) is 0 Å². The fourth-order valence-electron chi connectivity index (χ4n) is 5.80. The molecule has 6 heterocycles. The number of nitrogens with zero attached hydrogens (tertiary/aromatic N) is 7. The summed E-state index contributed by atoms with van der Waals surface area (Å²) in [5, 5.41) is 21.4.